The summed E-state index contributed by atoms with van der Waals surface area (Å²) < 4.78 is 27.3. The molecular weight excluding hydrogens is 379 g/mol. The second kappa shape index (κ2) is 7.16. The molecule has 0 bridgehead atoms. The van der Waals surface area contributed by atoms with E-state index in [-0.39, 0.29) is 0 Å². The van der Waals surface area contributed by atoms with Crippen molar-refractivity contribution in [3.8, 4) is 0 Å². The fourth-order valence-corrected chi connectivity index (χ4v) is 4.69. The topological polar surface area (TPSA) is 40.6 Å². The summed E-state index contributed by atoms with van der Waals surface area (Å²) >= 11 is 12.0. The minimum atomic E-state index is -3.46. The van der Waals surface area contributed by atoms with Crippen molar-refractivity contribution in [2.24, 2.45) is 0 Å². The minimum Gasteiger partial charge on any atom is -0.369 e. The predicted molar refractivity (Wildman–Crippen MR) is 103 cm³/mol. The summed E-state index contributed by atoms with van der Waals surface area (Å²) in [5, 5.41) is 1.02. The van der Waals surface area contributed by atoms with Crippen LogP contribution in [-0.2, 0) is 10.0 Å². The lowest BCUT2D eigenvalue weighted by molar-refractivity contribution is 0.385. The Kier molecular flexibility index (Phi) is 5.30. The molecule has 0 atom stereocenters. The number of sulfonamides is 1. The number of nitrogens with zero attached hydrogens (tertiary/aromatic N) is 2. The van der Waals surface area contributed by atoms with Crippen molar-refractivity contribution in [1.29, 1.82) is 0 Å². The van der Waals surface area contributed by atoms with E-state index in [4.69, 9.17) is 23.2 Å². The second-order valence-corrected chi connectivity index (χ2v) is 8.99. The zero-order valence-corrected chi connectivity index (χ0v) is 16.5. The molecule has 134 valence electrons. The summed E-state index contributed by atoms with van der Waals surface area (Å²) in [7, 11) is -3.46. The van der Waals surface area contributed by atoms with Gasteiger partial charge in [0, 0.05) is 31.9 Å². The van der Waals surface area contributed by atoms with E-state index in [1.54, 1.807) is 22.5 Å². The zero-order chi connectivity index (χ0) is 18.2. The Morgan fingerprint density at radius 1 is 0.840 bits per heavy atom. The van der Waals surface area contributed by atoms with Crippen molar-refractivity contribution in [1.82, 2.24) is 4.31 Å². The van der Waals surface area contributed by atoms with Gasteiger partial charge in [-0.3, -0.25) is 0 Å². The molecule has 3 rings (SSSR count). The Morgan fingerprint density at radius 2 is 1.52 bits per heavy atom. The highest BCUT2D eigenvalue weighted by molar-refractivity contribution is 7.89. The maximum Gasteiger partial charge on any atom is 0.243 e. The van der Waals surface area contributed by atoms with Crippen LogP contribution in [0.5, 0.6) is 0 Å². The summed E-state index contributed by atoms with van der Waals surface area (Å²) in [6, 6.07) is 10.8. The van der Waals surface area contributed by atoms with Gasteiger partial charge in [-0.2, -0.15) is 4.31 Å². The summed E-state index contributed by atoms with van der Waals surface area (Å²) in [5.41, 5.74) is 3.02. The first-order chi connectivity index (χ1) is 11.8. The third kappa shape index (κ3) is 3.80. The van der Waals surface area contributed by atoms with E-state index in [0.29, 0.717) is 41.1 Å². The van der Waals surface area contributed by atoms with E-state index < -0.39 is 10.0 Å². The van der Waals surface area contributed by atoms with Crippen LogP contribution in [0, 0.1) is 13.8 Å². The lowest BCUT2D eigenvalue weighted by Gasteiger charge is -2.35. The van der Waals surface area contributed by atoms with Gasteiger partial charge in [0.1, 0.15) is 0 Å². The first-order valence-corrected chi connectivity index (χ1v) is 10.3. The zero-order valence-electron chi connectivity index (χ0n) is 14.2. The largest absolute Gasteiger partial charge is 0.369 e. The molecule has 2 aromatic rings. The van der Waals surface area contributed by atoms with Crippen LogP contribution in [0.4, 0.5) is 5.69 Å². The lowest BCUT2D eigenvalue weighted by Crippen LogP contribution is -2.48. The third-order valence-corrected chi connectivity index (χ3v) is 7.26. The molecule has 25 heavy (non-hydrogen) atoms. The van der Waals surface area contributed by atoms with Gasteiger partial charge in [0.05, 0.1) is 14.9 Å². The SMILES string of the molecule is Cc1ccc(S(=O)(=O)N2CCN(c3ccc(Cl)c(Cl)c3)CC2)cc1C. The van der Waals surface area contributed by atoms with E-state index in [0.717, 1.165) is 16.8 Å². The van der Waals surface area contributed by atoms with Crippen LogP contribution in [0.15, 0.2) is 41.3 Å². The molecule has 2 aromatic carbocycles. The van der Waals surface area contributed by atoms with Crippen LogP contribution in [0.25, 0.3) is 0 Å². The molecule has 0 saturated carbocycles. The normalized spacial score (nSPS) is 16.2. The maximum atomic E-state index is 12.9. The van der Waals surface area contributed by atoms with Gasteiger partial charge in [-0.05, 0) is 55.3 Å². The Labute approximate surface area is 159 Å². The maximum absolute atomic E-state index is 12.9. The standard InChI is InChI=1S/C18H20Cl2N2O2S/c1-13-3-5-16(11-14(13)2)25(23,24)22-9-7-21(8-10-22)15-4-6-17(19)18(20)12-15/h3-6,11-12H,7-10H2,1-2H3. The van der Waals surface area contributed by atoms with E-state index in [9.17, 15) is 8.42 Å². The Bertz CT molecular complexity index is 892. The van der Waals surface area contributed by atoms with Gasteiger partial charge in [-0.1, -0.05) is 29.3 Å². The fraction of sp³-hybridized carbons (Fsp3) is 0.333. The molecule has 0 amide bonds. The molecule has 0 unspecified atom stereocenters. The van der Waals surface area contributed by atoms with Crippen LogP contribution in [0.2, 0.25) is 10.0 Å². The Hall–Kier alpha value is -1.27. The summed E-state index contributed by atoms with van der Waals surface area (Å²) in [6.45, 7) is 6.01. The molecule has 1 aliphatic heterocycles. The first kappa shape index (κ1) is 18.5. The van der Waals surface area contributed by atoms with Crippen LogP contribution in [-0.4, -0.2) is 38.9 Å². The van der Waals surface area contributed by atoms with Crippen LogP contribution in [0.1, 0.15) is 11.1 Å². The van der Waals surface area contributed by atoms with E-state index in [2.05, 4.69) is 4.90 Å². The van der Waals surface area contributed by atoms with Crippen molar-refractivity contribution in [3.63, 3.8) is 0 Å². The summed E-state index contributed by atoms with van der Waals surface area (Å²) in [5.74, 6) is 0. The number of halogens is 2. The average molecular weight is 399 g/mol. The van der Waals surface area contributed by atoms with Crippen molar-refractivity contribution >= 4 is 38.9 Å². The molecule has 1 fully saturated rings. The Morgan fingerprint density at radius 3 is 2.12 bits per heavy atom. The Balaban J connectivity index is 1.74. The van der Waals surface area contributed by atoms with Crippen LogP contribution < -0.4 is 4.90 Å². The van der Waals surface area contributed by atoms with Crippen LogP contribution in [0.3, 0.4) is 0 Å². The quantitative estimate of drug-likeness (QED) is 0.780. The molecule has 1 heterocycles. The monoisotopic (exact) mass is 398 g/mol. The molecular formula is C18H20Cl2N2O2S. The molecule has 7 heteroatoms. The van der Waals surface area contributed by atoms with Crippen molar-refractivity contribution < 1.29 is 8.42 Å². The second-order valence-electron chi connectivity index (χ2n) is 6.24. The number of hydrogen-bond donors (Lipinski definition) is 0. The van der Waals surface area contributed by atoms with Gasteiger partial charge in [0.2, 0.25) is 10.0 Å². The molecule has 1 aliphatic rings. The van der Waals surface area contributed by atoms with Crippen molar-refractivity contribution in [2.45, 2.75) is 18.7 Å². The van der Waals surface area contributed by atoms with Gasteiger partial charge >= 0.3 is 0 Å². The molecule has 1 saturated heterocycles. The van der Waals surface area contributed by atoms with Crippen LogP contribution >= 0.6 is 23.2 Å². The molecule has 0 N–H and O–H groups in total. The molecule has 4 nitrogen and oxygen atoms in total. The van der Waals surface area contributed by atoms with Gasteiger partial charge in [-0.15, -0.1) is 0 Å². The highest BCUT2D eigenvalue weighted by Gasteiger charge is 2.28. The van der Waals surface area contributed by atoms with Gasteiger partial charge in [0.25, 0.3) is 0 Å². The summed E-state index contributed by atoms with van der Waals surface area (Å²) in [6.07, 6.45) is 0. The van der Waals surface area contributed by atoms with Crippen molar-refractivity contribution in [2.75, 3.05) is 31.1 Å². The summed E-state index contributed by atoms with van der Waals surface area (Å²) in [4.78, 5) is 2.48. The number of anilines is 1. The molecule has 0 spiro atoms. The molecule has 0 radical (unpaired) electrons. The number of benzene rings is 2. The highest BCUT2D eigenvalue weighted by atomic mass is 35.5. The van der Waals surface area contributed by atoms with Gasteiger partial charge in [0.15, 0.2) is 0 Å². The van der Waals surface area contributed by atoms with E-state index in [1.165, 1.54) is 0 Å². The molecule has 0 aromatic heterocycles. The fourth-order valence-electron chi connectivity index (χ4n) is 2.89. The predicted octanol–water partition coefficient (Wildman–Crippen LogP) is 4.12. The van der Waals surface area contributed by atoms with E-state index in [1.807, 2.05) is 32.0 Å². The first-order valence-electron chi connectivity index (χ1n) is 8.06. The number of rotatable bonds is 3. The van der Waals surface area contributed by atoms with Gasteiger partial charge in [-0.25, -0.2) is 8.42 Å². The van der Waals surface area contributed by atoms with Gasteiger partial charge < -0.3 is 4.90 Å². The number of aryl methyl sites for hydroxylation is 2. The third-order valence-electron chi connectivity index (χ3n) is 4.62. The highest BCUT2D eigenvalue weighted by Crippen LogP contribution is 2.28. The average Bonchev–Trinajstić information content (AvgIpc) is 2.60. The minimum absolute atomic E-state index is 0.360. The van der Waals surface area contributed by atoms with E-state index >= 15 is 0 Å². The smallest absolute Gasteiger partial charge is 0.243 e. The lowest BCUT2D eigenvalue weighted by atomic mass is 10.1. The number of piperazine rings is 1. The molecule has 0 aliphatic carbocycles. The van der Waals surface area contributed by atoms with Crippen molar-refractivity contribution in [3.05, 3.63) is 57.6 Å². The number of hydrogen-bond acceptors (Lipinski definition) is 3.